The number of carbonyl (C=O) groups is 1. The van der Waals surface area contributed by atoms with Crippen molar-refractivity contribution in [1.82, 2.24) is 14.9 Å². The Labute approximate surface area is 170 Å². The van der Waals surface area contributed by atoms with Crippen molar-refractivity contribution < 1.29 is 9.18 Å². The van der Waals surface area contributed by atoms with E-state index in [1.54, 1.807) is 23.1 Å². The monoisotopic (exact) mass is 392 g/mol. The number of hydrogen-bond acceptors (Lipinski definition) is 4. The first-order valence-corrected chi connectivity index (χ1v) is 9.68. The third-order valence-corrected chi connectivity index (χ3v) is 4.60. The van der Waals surface area contributed by atoms with Gasteiger partial charge in [-0.2, -0.15) is 0 Å². The highest BCUT2D eigenvalue weighted by molar-refractivity contribution is 5.93. The summed E-state index contributed by atoms with van der Waals surface area (Å²) in [6.07, 6.45) is 2.12. The fraction of sp³-hybridized carbons (Fsp3) is 0.261. The Kier molecular flexibility index (Phi) is 6.89. The topological polar surface area (TPSA) is 58.1 Å². The zero-order valence-electron chi connectivity index (χ0n) is 16.7. The maximum atomic E-state index is 13.0. The third kappa shape index (κ3) is 5.85. The number of aromatic nitrogens is 2. The molecule has 0 saturated carbocycles. The van der Waals surface area contributed by atoms with Crippen molar-refractivity contribution in [2.75, 3.05) is 11.9 Å². The van der Waals surface area contributed by atoms with Crippen LogP contribution >= 0.6 is 0 Å². The molecule has 150 valence electrons. The second-order valence-corrected chi connectivity index (χ2v) is 7.10. The maximum absolute atomic E-state index is 13.0. The molecule has 2 aromatic carbocycles. The normalized spacial score (nSPS) is 10.8. The highest BCUT2D eigenvalue weighted by Gasteiger charge is 2.20. The molecule has 29 heavy (non-hydrogen) atoms. The van der Waals surface area contributed by atoms with E-state index >= 15 is 0 Å². The molecule has 5 nitrogen and oxygen atoms in total. The average Bonchev–Trinajstić information content (AvgIpc) is 2.74. The lowest BCUT2D eigenvalue weighted by atomic mass is 10.1. The van der Waals surface area contributed by atoms with Crippen LogP contribution in [0.1, 0.15) is 35.5 Å². The van der Waals surface area contributed by atoms with Crippen molar-refractivity contribution >= 4 is 11.7 Å². The van der Waals surface area contributed by atoms with Crippen molar-refractivity contribution in [1.29, 1.82) is 0 Å². The lowest BCUT2D eigenvalue weighted by molar-refractivity contribution is 0.0684. The molecule has 3 rings (SSSR count). The summed E-state index contributed by atoms with van der Waals surface area (Å²) in [4.78, 5) is 23.2. The van der Waals surface area contributed by atoms with Crippen LogP contribution in [0.5, 0.6) is 0 Å². The molecule has 0 bridgehead atoms. The van der Waals surface area contributed by atoms with Gasteiger partial charge in [0.15, 0.2) is 0 Å². The number of amides is 1. The van der Waals surface area contributed by atoms with Gasteiger partial charge in [0.1, 0.15) is 23.7 Å². The zero-order chi connectivity index (χ0) is 20.6. The molecule has 1 N–H and O–H groups in total. The molecular weight excluding hydrogens is 367 g/mol. The first-order chi connectivity index (χ1) is 14.0. The van der Waals surface area contributed by atoms with E-state index in [1.165, 1.54) is 18.5 Å². The minimum absolute atomic E-state index is 0.0348. The van der Waals surface area contributed by atoms with E-state index in [1.807, 2.05) is 44.2 Å². The van der Waals surface area contributed by atoms with Gasteiger partial charge in [-0.15, -0.1) is 0 Å². The Morgan fingerprint density at radius 3 is 2.45 bits per heavy atom. The SMILES string of the molecule is CC(C)N(Cc1ccccc1)C(=O)c1cc(NCCc2ccc(F)cc2)ncn1. The molecule has 0 radical (unpaired) electrons. The molecule has 0 aliphatic rings. The molecule has 1 aromatic heterocycles. The smallest absolute Gasteiger partial charge is 0.273 e. The van der Waals surface area contributed by atoms with Crippen molar-refractivity contribution in [3.8, 4) is 0 Å². The van der Waals surface area contributed by atoms with E-state index in [0.717, 1.165) is 17.5 Å². The Bertz CT molecular complexity index is 929. The summed E-state index contributed by atoms with van der Waals surface area (Å²) < 4.78 is 13.0. The fourth-order valence-electron chi connectivity index (χ4n) is 2.97. The van der Waals surface area contributed by atoms with Gasteiger partial charge in [-0.3, -0.25) is 4.79 Å². The number of rotatable bonds is 8. The van der Waals surface area contributed by atoms with Crippen LogP contribution in [-0.4, -0.2) is 33.4 Å². The predicted molar refractivity (Wildman–Crippen MR) is 112 cm³/mol. The van der Waals surface area contributed by atoms with Crippen LogP contribution in [0.4, 0.5) is 10.2 Å². The molecule has 1 amide bonds. The zero-order valence-corrected chi connectivity index (χ0v) is 16.7. The molecule has 0 spiro atoms. The van der Waals surface area contributed by atoms with Crippen LogP contribution in [0.3, 0.4) is 0 Å². The summed E-state index contributed by atoms with van der Waals surface area (Å²) >= 11 is 0. The van der Waals surface area contributed by atoms with E-state index in [-0.39, 0.29) is 17.8 Å². The standard InChI is InChI=1S/C23H25FN4O/c1-17(2)28(15-19-6-4-3-5-7-19)23(29)21-14-22(27-16-26-21)25-13-12-18-8-10-20(24)11-9-18/h3-11,14,16-17H,12-13,15H2,1-2H3,(H,25,26,27). The Morgan fingerprint density at radius 2 is 1.76 bits per heavy atom. The van der Waals surface area contributed by atoms with Gasteiger partial charge in [-0.25, -0.2) is 14.4 Å². The average molecular weight is 392 g/mol. The number of anilines is 1. The number of halogens is 1. The molecule has 1 heterocycles. The molecule has 0 atom stereocenters. The van der Waals surface area contributed by atoms with Crippen LogP contribution in [0.25, 0.3) is 0 Å². The van der Waals surface area contributed by atoms with Gasteiger partial charge in [0, 0.05) is 25.2 Å². The van der Waals surface area contributed by atoms with Crippen molar-refractivity contribution in [2.24, 2.45) is 0 Å². The molecule has 3 aromatic rings. The van der Waals surface area contributed by atoms with E-state index < -0.39 is 0 Å². The van der Waals surface area contributed by atoms with Gasteiger partial charge in [0.25, 0.3) is 5.91 Å². The van der Waals surface area contributed by atoms with E-state index in [9.17, 15) is 9.18 Å². The van der Waals surface area contributed by atoms with Crippen molar-refractivity contribution in [3.05, 3.63) is 89.6 Å². The second-order valence-electron chi connectivity index (χ2n) is 7.10. The minimum Gasteiger partial charge on any atom is -0.370 e. The van der Waals surface area contributed by atoms with Crippen molar-refractivity contribution in [2.45, 2.75) is 32.9 Å². The highest BCUT2D eigenvalue weighted by Crippen LogP contribution is 2.14. The van der Waals surface area contributed by atoms with Crippen LogP contribution in [0.2, 0.25) is 0 Å². The van der Waals surface area contributed by atoms with E-state index in [0.29, 0.717) is 24.6 Å². The fourth-order valence-corrected chi connectivity index (χ4v) is 2.97. The summed E-state index contributed by atoms with van der Waals surface area (Å²) in [7, 11) is 0. The number of carbonyl (C=O) groups excluding carboxylic acids is 1. The maximum Gasteiger partial charge on any atom is 0.273 e. The first kappa shape index (κ1) is 20.5. The molecular formula is C23H25FN4O. The van der Waals surface area contributed by atoms with Crippen LogP contribution < -0.4 is 5.32 Å². The van der Waals surface area contributed by atoms with E-state index in [4.69, 9.17) is 0 Å². The van der Waals surface area contributed by atoms with E-state index in [2.05, 4.69) is 15.3 Å². The number of benzene rings is 2. The number of hydrogen-bond donors (Lipinski definition) is 1. The molecule has 0 saturated heterocycles. The molecule has 6 heteroatoms. The second kappa shape index (κ2) is 9.78. The molecule has 0 unspecified atom stereocenters. The summed E-state index contributed by atoms with van der Waals surface area (Å²) in [6, 6.07) is 18.0. The summed E-state index contributed by atoms with van der Waals surface area (Å²) in [5.41, 5.74) is 2.45. The van der Waals surface area contributed by atoms with Gasteiger partial charge in [-0.1, -0.05) is 42.5 Å². The third-order valence-electron chi connectivity index (χ3n) is 4.60. The number of nitrogens with one attached hydrogen (secondary N) is 1. The summed E-state index contributed by atoms with van der Waals surface area (Å²) in [6.45, 7) is 5.12. The van der Waals surface area contributed by atoms with Crippen molar-refractivity contribution in [3.63, 3.8) is 0 Å². The van der Waals surface area contributed by atoms with Crippen LogP contribution in [0.15, 0.2) is 67.0 Å². The first-order valence-electron chi connectivity index (χ1n) is 9.68. The molecule has 0 aliphatic heterocycles. The van der Waals surface area contributed by atoms with Crippen LogP contribution in [-0.2, 0) is 13.0 Å². The Morgan fingerprint density at radius 1 is 1.03 bits per heavy atom. The Hall–Kier alpha value is -3.28. The van der Waals surface area contributed by atoms with Crippen LogP contribution in [0, 0.1) is 5.82 Å². The highest BCUT2D eigenvalue weighted by atomic mass is 19.1. The molecule has 0 aliphatic carbocycles. The van der Waals surface area contributed by atoms with Gasteiger partial charge >= 0.3 is 0 Å². The molecule has 0 fully saturated rings. The number of nitrogens with zero attached hydrogens (tertiary/aromatic N) is 3. The quantitative estimate of drug-likeness (QED) is 0.620. The largest absolute Gasteiger partial charge is 0.370 e. The lowest BCUT2D eigenvalue weighted by Gasteiger charge is -2.26. The Balaban J connectivity index is 1.64. The van der Waals surface area contributed by atoms with Gasteiger partial charge in [0.05, 0.1) is 0 Å². The lowest BCUT2D eigenvalue weighted by Crippen LogP contribution is -2.37. The van der Waals surface area contributed by atoms with Gasteiger partial charge in [0.2, 0.25) is 0 Å². The van der Waals surface area contributed by atoms with Gasteiger partial charge in [-0.05, 0) is 43.5 Å². The minimum atomic E-state index is -0.245. The summed E-state index contributed by atoms with van der Waals surface area (Å²) in [5.74, 6) is 0.215. The van der Waals surface area contributed by atoms with Gasteiger partial charge < -0.3 is 10.2 Å². The summed E-state index contributed by atoms with van der Waals surface area (Å²) in [5, 5.41) is 3.21. The predicted octanol–water partition coefficient (Wildman–Crippen LogP) is 4.32.